The molecule has 3 N–H and O–H groups in total. The lowest BCUT2D eigenvalue weighted by molar-refractivity contribution is -0.142. The summed E-state index contributed by atoms with van der Waals surface area (Å²) in [5.74, 6) is 0.0260. The number of benzene rings is 2. The second-order valence-electron chi connectivity index (χ2n) is 13.0. The van der Waals surface area contributed by atoms with Gasteiger partial charge in [0.15, 0.2) is 0 Å². The van der Waals surface area contributed by atoms with E-state index < -0.39 is 5.97 Å². The minimum Gasteiger partial charge on any atom is -0.483 e. The number of hydrogen-bond acceptors (Lipinski definition) is 5. The molecule has 6 nitrogen and oxygen atoms in total. The lowest BCUT2D eigenvalue weighted by Crippen LogP contribution is -2.54. The number of carboxylic acid groups (broad SMARTS) is 1. The minimum absolute atomic E-state index is 0. The molecule has 0 unspecified atom stereocenters. The number of anilines is 2. The zero-order chi connectivity index (χ0) is 26.5. The molecule has 6 heteroatoms. The highest BCUT2D eigenvalue weighted by atomic mass is 16.5. The van der Waals surface area contributed by atoms with Gasteiger partial charge in [0, 0.05) is 36.9 Å². The first-order valence-electron chi connectivity index (χ1n) is 13.1. The van der Waals surface area contributed by atoms with Gasteiger partial charge < -0.3 is 25.4 Å². The van der Waals surface area contributed by atoms with Crippen molar-refractivity contribution in [2.45, 2.75) is 77.4 Å². The third kappa shape index (κ3) is 5.64. The van der Waals surface area contributed by atoms with Gasteiger partial charge in [-0.05, 0) is 80.8 Å². The summed E-state index contributed by atoms with van der Waals surface area (Å²) in [5, 5.41) is 9.22. The van der Waals surface area contributed by atoms with Gasteiger partial charge in [0.05, 0.1) is 18.2 Å². The number of aliphatic carboxylic acids is 1. The first-order valence-corrected chi connectivity index (χ1v) is 13.1. The van der Waals surface area contributed by atoms with Crippen LogP contribution in [-0.2, 0) is 10.2 Å². The highest BCUT2D eigenvalue weighted by Crippen LogP contribution is 2.50. The molecule has 5 rings (SSSR count). The molecule has 1 aliphatic carbocycles. The van der Waals surface area contributed by atoms with E-state index in [1.807, 2.05) is 20.8 Å². The van der Waals surface area contributed by atoms with Gasteiger partial charge in [0.2, 0.25) is 0 Å². The van der Waals surface area contributed by atoms with E-state index in [1.165, 1.54) is 17.5 Å². The second kappa shape index (κ2) is 9.29. The van der Waals surface area contributed by atoms with Gasteiger partial charge in [0.25, 0.3) is 0 Å². The first kappa shape index (κ1) is 26.3. The molecule has 1 saturated heterocycles. The van der Waals surface area contributed by atoms with Gasteiger partial charge >= 0.3 is 5.97 Å². The zero-order valence-electron chi connectivity index (χ0n) is 23.0. The van der Waals surface area contributed by atoms with Crippen molar-refractivity contribution < 1.29 is 14.6 Å². The minimum atomic E-state index is -0.706. The van der Waals surface area contributed by atoms with E-state index in [9.17, 15) is 9.90 Å². The number of carbonyl (C=O) groups is 1. The van der Waals surface area contributed by atoms with Crippen LogP contribution in [0.5, 0.6) is 5.75 Å². The fourth-order valence-corrected chi connectivity index (χ4v) is 5.06. The topological polar surface area (TPSA) is 79.0 Å². The Kier molecular flexibility index (Phi) is 6.80. The highest BCUT2D eigenvalue weighted by Gasteiger charge is 2.45. The van der Waals surface area contributed by atoms with Gasteiger partial charge in [-0.2, -0.15) is 0 Å². The van der Waals surface area contributed by atoms with Crippen LogP contribution in [-0.4, -0.2) is 48.9 Å². The number of nitrogens with two attached hydrogens (primary N) is 1. The van der Waals surface area contributed by atoms with Crippen molar-refractivity contribution in [2.24, 2.45) is 11.7 Å². The summed E-state index contributed by atoms with van der Waals surface area (Å²) in [7, 11) is 2.18. The van der Waals surface area contributed by atoms with E-state index in [0.29, 0.717) is 13.1 Å². The molecule has 0 amide bonds. The molecule has 2 aliphatic heterocycles. The number of rotatable bonds is 3. The normalized spacial score (nSPS) is 18.9. The summed E-state index contributed by atoms with van der Waals surface area (Å²) in [4.78, 5) is 15.7. The zero-order valence-corrected chi connectivity index (χ0v) is 23.0. The Bertz CT molecular complexity index is 1110. The molecular weight excluding hydrogens is 450 g/mol. The molecule has 2 heterocycles. The number of hydrogen-bond donors (Lipinski definition) is 2. The number of likely N-dealkylation sites (N-methyl/N-ethyl adjacent to an activating group) is 1. The van der Waals surface area contributed by atoms with Crippen LogP contribution in [0.3, 0.4) is 0 Å². The molecule has 0 atom stereocenters. The molecule has 2 aromatic carbocycles. The van der Waals surface area contributed by atoms with Crippen LogP contribution in [0, 0.1) is 5.92 Å². The van der Waals surface area contributed by atoms with Crippen molar-refractivity contribution in [1.82, 2.24) is 0 Å². The van der Waals surface area contributed by atoms with Gasteiger partial charge in [-0.15, -0.1) is 0 Å². The molecule has 0 bridgehead atoms. The molecule has 1 spiro atoms. The molecule has 0 radical (unpaired) electrons. The van der Waals surface area contributed by atoms with Crippen molar-refractivity contribution in [3.63, 3.8) is 0 Å². The van der Waals surface area contributed by atoms with Crippen LogP contribution in [0.1, 0.15) is 66.4 Å². The molecular formula is C30H43N3O3. The number of ether oxygens (including phenoxy) is 1. The van der Waals surface area contributed by atoms with Crippen LogP contribution in [0.2, 0.25) is 0 Å². The van der Waals surface area contributed by atoms with Gasteiger partial charge in [-0.1, -0.05) is 32.9 Å². The summed E-state index contributed by atoms with van der Waals surface area (Å²) in [5.41, 5.74) is 11.2. The lowest BCUT2D eigenvalue weighted by Gasteiger charge is -2.49. The van der Waals surface area contributed by atoms with Crippen LogP contribution >= 0.6 is 0 Å². The average Bonchev–Trinajstić information content (AvgIpc) is 2.68. The number of fused-ring (bicyclic) bond motifs is 1. The molecule has 36 heavy (non-hydrogen) atoms. The van der Waals surface area contributed by atoms with Crippen molar-refractivity contribution in [3.05, 3.63) is 42.0 Å². The van der Waals surface area contributed by atoms with E-state index >= 15 is 0 Å². The van der Waals surface area contributed by atoms with Crippen LogP contribution < -0.4 is 20.3 Å². The van der Waals surface area contributed by atoms with Crippen LogP contribution in [0.4, 0.5) is 11.4 Å². The Labute approximate surface area is 216 Å². The molecule has 2 fully saturated rings. The Balaban J connectivity index is 0.000000556. The van der Waals surface area contributed by atoms with Crippen LogP contribution in [0.15, 0.2) is 36.4 Å². The van der Waals surface area contributed by atoms with Gasteiger partial charge in [0.1, 0.15) is 11.4 Å². The standard InChI is InChI=1S/C26H32N2O3.C4H11N/c1-25(2,3)19-12-21(23-22(13-19)31-26(9-6-10-26)16-27(23)4)17-7-5-8-20(11-17)28-14-18(15-28)24(29)30;1-4(2,3)5/h5,7-8,11-13,18H,6,9-10,14-16H2,1-4H3,(H,29,30);5H2,1-3H3. The van der Waals surface area contributed by atoms with Crippen molar-refractivity contribution in [3.8, 4) is 16.9 Å². The third-order valence-corrected chi connectivity index (χ3v) is 7.19. The average molecular weight is 494 g/mol. The number of nitrogens with zero attached hydrogens (tertiary/aromatic N) is 2. The summed E-state index contributed by atoms with van der Waals surface area (Å²) >= 11 is 0. The van der Waals surface area contributed by atoms with E-state index in [2.05, 4.69) is 74.0 Å². The van der Waals surface area contributed by atoms with Crippen molar-refractivity contribution in [2.75, 3.05) is 36.5 Å². The largest absolute Gasteiger partial charge is 0.483 e. The maximum Gasteiger partial charge on any atom is 0.310 e. The first-order chi connectivity index (χ1) is 16.7. The quantitative estimate of drug-likeness (QED) is 0.574. The summed E-state index contributed by atoms with van der Waals surface area (Å²) in [6.45, 7) is 14.7. The Hall–Kier alpha value is -2.73. The SMILES string of the molecule is CC(C)(C)N.CN1CC2(CCC2)Oc2cc(C(C)(C)C)cc(-c3cccc(N4CC(C(=O)O)C4)c3)c21. The summed E-state index contributed by atoms with van der Waals surface area (Å²) in [6.07, 6.45) is 3.49. The predicted octanol–water partition coefficient (Wildman–Crippen LogP) is 5.67. The summed E-state index contributed by atoms with van der Waals surface area (Å²) in [6, 6.07) is 13.1. The summed E-state index contributed by atoms with van der Waals surface area (Å²) < 4.78 is 6.66. The predicted molar refractivity (Wildman–Crippen MR) is 148 cm³/mol. The van der Waals surface area contributed by atoms with Crippen molar-refractivity contribution in [1.29, 1.82) is 0 Å². The monoisotopic (exact) mass is 493 g/mol. The molecule has 3 aliphatic rings. The van der Waals surface area contributed by atoms with E-state index in [1.54, 1.807) is 0 Å². The maximum absolute atomic E-state index is 11.2. The third-order valence-electron chi connectivity index (χ3n) is 7.19. The van der Waals surface area contributed by atoms with Crippen LogP contribution in [0.25, 0.3) is 11.1 Å². The lowest BCUT2D eigenvalue weighted by atomic mass is 9.77. The Morgan fingerprint density at radius 1 is 1.08 bits per heavy atom. The Morgan fingerprint density at radius 3 is 2.25 bits per heavy atom. The van der Waals surface area contributed by atoms with Gasteiger partial charge in [-0.25, -0.2) is 0 Å². The molecule has 2 aromatic rings. The maximum atomic E-state index is 11.2. The van der Waals surface area contributed by atoms with E-state index in [4.69, 9.17) is 10.5 Å². The Morgan fingerprint density at radius 2 is 1.72 bits per heavy atom. The molecule has 1 saturated carbocycles. The second-order valence-corrected chi connectivity index (χ2v) is 13.0. The fraction of sp³-hybridized carbons (Fsp3) is 0.567. The smallest absolute Gasteiger partial charge is 0.310 e. The van der Waals surface area contributed by atoms with Gasteiger partial charge in [-0.3, -0.25) is 4.79 Å². The molecule has 0 aromatic heterocycles. The van der Waals surface area contributed by atoms with E-state index in [-0.39, 0.29) is 22.5 Å². The van der Waals surface area contributed by atoms with E-state index in [0.717, 1.165) is 42.1 Å². The number of carboxylic acids is 1. The fourth-order valence-electron chi connectivity index (χ4n) is 5.06. The highest BCUT2D eigenvalue weighted by molar-refractivity contribution is 5.86. The molecule has 196 valence electrons. The van der Waals surface area contributed by atoms with Crippen molar-refractivity contribution >= 4 is 17.3 Å².